The fraction of sp³-hybridized carbons (Fsp3) is 0.250. The van der Waals surface area contributed by atoms with Gasteiger partial charge in [-0.3, -0.25) is 0 Å². The number of fused-ring (bicyclic) bond motifs is 3. The molecule has 0 saturated carbocycles. The molecule has 0 aliphatic carbocycles. The molecule has 4 aromatic rings. The van der Waals surface area contributed by atoms with Gasteiger partial charge in [-0.2, -0.15) is 5.10 Å². The van der Waals surface area contributed by atoms with Crippen LogP contribution >= 0.6 is 11.6 Å². The van der Waals surface area contributed by atoms with E-state index in [2.05, 4.69) is 6.58 Å². The molecule has 0 bridgehead atoms. The van der Waals surface area contributed by atoms with Crippen molar-refractivity contribution in [1.82, 2.24) is 14.6 Å². The monoisotopic (exact) mass is 423 g/mol. The number of aryl methyl sites for hydroxylation is 1. The molecule has 0 aliphatic heterocycles. The Hall–Kier alpha value is -2.92. The third-order valence-corrected chi connectivity index (χ3v) is 5.66. The third-order valence-electron chi connectivity index (χ3n) is 5.42. The second kappa shape index (κ2) is 8.07. The van der Waals surface area contributed by atoms with Crippen LogP contribution in [0.3, 0.4) is 0 Å². The molecule has 6 heteroatoms. The Kier molecular flexibility index (Phi) is 5.48. The number of aliphatic hydroxyl groups is 1. The lowest BCUT2D eigenvalue weighted by Gasteiger charge is -2.23. The molecule has 0 radical (unpaired) electrons. The van der Waals surface area contributed by atoms with Crippen LogP contribution < -0.4 is 0 Å². The van der Waals surface area contributed by atoms with Crippen molar-refractivity contribution in [3.8, 4) is 11.3 Å². The van der Waals surface area contributed by atoms with Crippen LogP contribution in [0.15, 0.2) is 54.8 Å². The van der Waals surface area contributed by atoms with Crippen LogP contribution in [0, 0.1) is 5.82 Å². The van der Waals surface area contributed by atoms with E-state index in [1.807, 2.05) is 38.1 Å². The van der Waals surface area contributed by atoms with E-state index >= 15 is 4.39 Å². The standard InChI is InChI=1S/C24H23ClFN3O/c1-4-8-16(14(3)30)22-20(5-2)27-24-18-9-6-7-10-21(18)28-29(24)23(22)17-12-11-15(25)13-19(17)26/h6-7,9-13,16,30H,3-5,8H2,1-2H3. The van der Waals surface area contributed by atoms with Crippen LogP contribution in [0.4, 0.5) is 4.39 Å². The SMILES string of the molecule is C=C(O)C(CCC)c1c(CC)nc2c3ccccc3nn2c1-c1ccc(Cl)cc1F. The first-order valence-corrected chi connectivity index (χ1v) is 10.5. The highest BCUT2D eigenvalue weighted by Crippen LogP contribution is 2.39. The summed E-state index contributed by atoms with van der Waals surface area (Å²) < 4.78 is 16.8. The summed E-state index contributed by atoms with van der Waals surface area (Å²) in [6.07, 6.45) is 2.12. The average Bonchev–Trinajstić information content (AvgIpc) is 3.09. The van der Waals surface area contributed by atoms with Crippen LogP contribution in [0.1, 0.15) is 43.9 Å². The highest BCUT2D eigenvalue weighted by molar-refractivity contribution is 6.30. The summed E-state index contributed by atoms with van der Waals surface area (Å²) in [5, 5.41) is 16.4. The molecule has 154 valence electrons. The van der Waals surface area contributed by atoms with E-state index in [-0.39, 0.29) is 11.7 Å². The Morgan fingerprint density at radius 1 is 1.23 bits per heavy atom. The van der Waals surface area contributed by atoms with E-state index in [0.29, 0.717) is 34.8 Å². The zero-order valence-electron chi connectivity index (χ0n) is 17.0. The first kappa shape index (κ1) is 20.4. The molecule has 1 atom stereocenters. The van der Waals surface area contributed by atoms with Crippen LogP contribution in [-0.2, 0) is 6.42 Å². The summed E-state index contributed by atoms with van der Waals surface area (Å²) in [6, 6.07) is 12.3. The van der Waals surface area contributed by atoms with Crippen LogP contribution in [0.25, 0.3) is 27.8 Å². The predicted octanol–water partition coefficient (Wildman–Crippen LogP) is 6.86. The van der Waals surface area contributed by atoms with Crippen molar-refractivity contribution >= 4 is 28.2 Å². The number of allylic oxidation sites excluding steroid dienone is 1. The van der Waals surface area contributed by atoms with Crippen molar-refractivity contribution in [3.63, 3.8) is 0 Å². The average molecular weight is 424 g/mol. The highest BCUT2D eigenvalue weighted by atomic mass is 35.5. The number of nitrogens with zero attached hydrogens (tertiary/aromatic N) is 3. The summed E-state index contributed by atoms with van der Waals surface area (Å²) in [7, 11) is 0. The van der Waals surface area contributed by atoms with Gasteiger partial charge in [0.15, 0.2) is 5.65 Å². The Bertz CT molecular complexity index is 1260. The van der Waals surface area contributed by atoms with Gasteiger partial charge in [0.05, 0.1) is 17.0 Å². The van der Waals surface area contributed by atoms with Crippen molar-refractivity contribution < 1.29 is 9.50 Å². The smallest absolute Gasteiger partial charge is 0.163 e. The van der Waals surface area contributed by atoms with Crippen LogP contribution in [0.2, 0.25) is 5.02 Å². The van der Waals surface area contributed by atoms with Gasteiger partial charge in [-0.1, -0.05) is 50.6 Å². The molecule has 1 unspecified atom stereocenters. The molecular formula is C24H23ClFN3O. The van der Waals surface area contributed by atoms with Crippen molar-refractivity contribution in [2.45, 2.75) is 39.0 Å². The van der Waals surface area contributed by atoms with Crippen molar-refractivity contribution in [2.75, 3.05) is 0 Å². The number of aliphatic hydroxyl groups excluding tert-OH is 1. The number of hydrogen-bond donors (Lipinski definition) is 1. The molecule has 2 aromatic heterocycles. The molecule has 0 spiro atoms. The number of benzene rings is 2. The minimum absolute atomic E-state index is 0.0417. The topological polar surface area (TPSA) is 50.4 Å². The number of aromatic nitrogens is 3. The normalized spacial score (nSPS) is 12.5. The van der Waals surface area contributed by atoms with Gasteiger partial charge in [0, 0.05) is 33.1 Å². The molecule has 0 amide bonds. The maximum Gasteiger partial charge on any atom is 0.163 e. The van der Waals surface area contributed by atoms with Gasteiger partial charge in [-0.05, 0) is 43.2 Å². The Morgan fingerprint density at radius 2 is 2.00 bits per heavy atom. The van der Waals surface area contributed by atoms with E-state index in [1.165, 1.54) is 6.07 Å². The molecule has 1 N–H and O–H groups in total. The molecule has 4 nitrogen and oxygen atoms in total. The third kappa shape index (κ3) is 3.33. The number of hydrogen-bond acceptors (Lipinski definition) is 3. The van der Waals surface area contributed by atoms with Gasteiger partial charge in [-0.25, -0.2) is 13.9 Å². The van der Waals surface area contributed by atoms with Gasteiger partial charge >= 0.3 is 0 Å². The molecular weight excluding hydrogens is 401 g/mol. The van der Waals surface area contributed by atoms with E-state index in [1.54, 1.807) is 16.6 Å². The summed E-state index contributed by atoms with van der Waals surface area (Å²) in [4.78, 5) is 4.90. The largest absolute Gasteiger partial charge is 0.512 e. The van der Waals surface area contributed by atoms with Gasteiger partial charge in [-0.15, -0.1) is 0 Å². The maximum atomic E-state index is 15.2. The van der Waals surface area contributed by atoms with Gasteiger partial charge in [0.1, 0.15) is 5.82 Å². The van der Waals surface area contributed by atoms with Gasteiger partial charge < -0.3 is 5.11 Å². The van der Waals surface area contributed by atoms with E-state index in [4.69, 9.17) is 21.7 Å². The molecule has 0 saturated heterocycles. The summed E-state index contributed by atoms with van der Waals surface area (Å²) in [5.74, 6) is -0.782. The lowest BCUT2D eigenvalue weighted by Crippen LogP contribution is -2.14. The summed E-state index contributed by atoms with van der Waals surface area (Å²) in [6.45, 7) is 7.85. The van der Waals surface area contributed by atoms with Crippen molar-refractivity contribution in [1.29, 1.82) is 0 Å². The lowest BCUT2D eigenvalue weighted by molar-refractivity contribution is 0.360. The molecule has 0 fully saturated rings. The van der Waals surface area contributed by atoms with Gasteiger partial charge in [0.2, 0.25) is 0 Å². The molecule has 4 rings (SSSR count). The van der Waals surface area contributed by atoms with E-state index in [9.17, 15) is 5.11 Å². The molecule has 30 heavy (non-hydrogen) atoms. The van der Waals surface area contributed by atoms with Gasteiger partial charge in [0.25, 0.3) is 0 Å². The lowest BCUT2D eigenvalue weighted by atomic mass is 9.87. The zero-order chi connectivity index (χ0) is 21.4. The first-order valence-electron chi connectivity index (χ1n) is 10.1. The van der Waals surface area contributed by atoms with E-state index in [0.717, 1.165) is 28.6 Å². The summed E-state index contributed by atoms with van der Waals surface area (Å²) >= 11 is 6.02. The van der Waals surface area contributed by atoms with Crippen molar-refractivity contribution in [2.24, 2.45) is 0 Å². The minimum Gasteiger partial charge on any atom is -0.512 e. The molecule has 2 heterocycles. The predicted molar refractivity (Wildman–Crippen MR) is 120 cm³/mol. The first-order chi connectivity index (χ1) is 14.5. The highest BCUT2D eigenvalue weighted by Gasteiger charge is 2.28. The fourth-order valence-corrected chi connectivity index (χ4v) is 4.22. The van der Waals surface area contributed by atoms with E-state index < -0.39 is 5.82 Å². The number of halogens is 2. The quantitative estimate of drug-likeness (QED) is 0.344. The second-order valence-electron chi connectivity index (χ2n) is 7.38. The summed E-state index contributed by atoms with van der Waals surface area (Å²) in [5.41, 5.74) is 3.94. The molecule has 0 aliphatic rings. The van der Waals surface area contributed by atoms with Crippen LogP contribution in [0.5, 0.6) is 0 Å². The van der Waals surface area contributed by atoms with Crippen molar-refractivity contribution in [3.05, 3.63) is 76.9 Å². The number of rotatable bonds is 6. The fourth-order valence-electron chi connectivity index (χ4n) is 4.06. The second-order valence-corrected chi connectivity index (χ2v) is 7.82. The Morgan fingerprint density at radius 3 is 2.67 bits per heavy atom. The molecule has 2 aromatic carbocycles. The minimum atomic E-state index is -0.448. The zero-order valence-corrected chi connectivity index (χ0v) is 17.7. The maximum absolute atomic E-state index is 15.2. The Labute approximate surface area is 179 Å². The van der Waals surface area contributed by atoms with Crippen LogP contribution in [-0.4, -0.2) is 19.7 Å². The Balaban J connectivity index is 2.20.